The fourth-order valence-electron chi connectivity index (χ4n) is 1.94. The van der Waals surface area contributed by atoms with Gasteiger partial charge in [0.2, 0.25) is 0 Å². The van der Waals surface area contributed by atoms with Crippen molar-refractivity contribution in [3.05, 3.63) is 53.6 Å². The van der Waals surface area contributed by atoms with Gasteiger partial charge in [-0.25, -0.2) is 0 Å². The molecule has 0 atom stereocenters. The van der Waals surface area contributed by atoms with E-state index in [1.165, 1.54) is 12.3 Å². The molecular weight excluding hydrogens is 253 g/mol. The van der Waals surface area contributed by atoms with Crippen LogP contribution in [0.3, 0.4) is 0 Å². The molecule has 2 aromatic carbocycles. The van der Waals surface area contributed by atoms with Crippen molar-refractivity contribution in [2.45, 2.75) is 6.18 Å². The van der Waals surface area contributed by atoms with E-state index in [0.717, 1.165) is 17.8 Å². The van der Waals surface area contributed by atoms with E-state index >= 15 is 0 Å². The van der Waals surface area contributed by atoms with Gasteiger partial charge in [-0.05, 0) is 30.3 Å². The van der Waals surface area contributed by atoms with E-state index < -0.39 is 11.7 Å². The summed E-state index contributed by atoms with van der Waals surface area (Å²) in [5, 5.41) is 3.09. The van der Waals surface area contributed by atoms with Crippen molar-refractivity contribution in [1.29, 1.82) is 0 Å². The zero-order valence-corrected chi connectivity index (χ0v) is 9.70. The number of hydrogen-bond acceptors (Lipinski definition) is 2. The number of benzene rings is 2. The Balaban J connectivity index is 2.09. The van der Waals surface area contributed by atoms with E-state index in [9.17, 15) is 13.2 Å². The first-order chi connectivity index (χ1) is 9.04. The van der Waals surface area contributed by atoms with Crippen LogP contribution in [0, 0.1) is 0 Å². The van der Waals surface area contributed by atoms with Crippen LogP contribution in [0.25, 0.3) is 0 Å². The number of nitrogens with one attached hydrogen (secondary N) is 1. The zero-order valence-electron chi connectivity index (χ0n) is 9.70. The number of nitrogens with zero attached hydrogens (tertiary/aromatic N) is 1. The highest BCUT2D eigenvalue weighted by Gasteiger charge is 2.31. The van der Waals surface area contributed by atoms with E-state index in [-0.39, 0.29) is 0 Å². The summed E-state index contributed by atoms with van der Waals surface area (Å²) in [6.07, 6.45) is -2.90. The average Bonchev–Trinajstić information content (AvgIpc) is 2.55. The number of halogens is 3. The fraction of sp³-hybridized carbons (Fsp3) is 0.0714. The first-order valence-corrected chi connectivity index (χ1v) is 5.65. The zero-order chi connectivity index (χ0) is 13.5. The molecular formula is C14H9F3N2. The number of anilines is 2. The van der Waals surface area contributed by atoms with Crippen LogP contribution in [0.4, 0.5) is 30.2 Å². The van der Waals surface area contributed by atoms with Gasteiger partial charge in [0, 0.05) is 17.5 Å². The number of hydrogen-bond donors (Lipinski definition) is 1. The summed E-state index contributed by atoms with van der Waals surface area (Å²) in [5.74, 6) is 0. The first-order valence-electron chi connectivity index (χ1n) is 5.65. The number of para-hydroxylation sites is 2. The van der Waals surface area contributed by atoms with Crippen LogP contribution >= 0.6 is 0 Å². The Morgan fingerprint density at radius 1 is 0.947 bits per heavy atom. The predicted octanol–water partition coefficient (Wildman–Crippen LogP) is 4.51. The molecule has 0 amide bonds. The highest BCUT2D eigenvalue weighted by molar-refractivity contribution is 5.95. The topological polar surface area (TPSA) is 24.4 Å². The molecule has 3 rings (SSSR count). The molecule has 0 saturated carbocycles. The monoisotopic (exact) mass is 262 g/mol. The van der Waals surface area contributed by atoms with Gasteiger partial charge in [-0.15, -0.1) is 0 Å². The summed E-state index contributed by atoms with van der Waals surface area (Å²) in [5.41, 5.74) is 1.84. The van der Waals surface area contributed by atoms with Crippen LogP contribution in [-0.2, 0) is 6.18 Å². The summed E-state index contributed by atoms with van der Waals surface area (Å²) in [7, 11) is 0. The molecule has 96 valence electrons. The minimum atomic E-state index is -4.35. The molecule has 0 aliphatic carbocycles. The largest absolute Gasteiger partial charge is 0.416 e. The van der Waals surface area contributed by atoms with Crippen molar-refractivity contribution in [2.75, 3.05) is 5.32 Å². The van der Waals surface area contributed by atoms with Gasteiger partial charge in [-0.1, -0.05) is 12.1 Å². The Bertz CT molecular complexity index is 660. The SMILES string of the molecule is FC(F)(F)c1ccc2c(c1)C=Nc1ccccc1N2. The van der Waals surface area contributed by atoms with Gasteiger partial charge in [0.25, 0.3) is 0 Å². The first kappa shape index (κ1) is 11.8. The van der Waals surface area contributed by atoms with E-state index in [1.807, 2.05) is 18.2 Å². The van der Waals surface area contributed by atoms with Crippen LogP contribution in [0.5, 0.6) is 0 Å². The lowest BCUT2D eigenvalue weighted by atomic mass is 10.1. The normalized spacial score (nSPS) is 13.2. The lowest BCUT2D eigenvalue weighted by molar-refractivity contribution is -0.137. The Labute approximate surface area is 107 Å². The lowest BCUT2D eigenvalue weighted by Gasteiger charge is -2.11. The van der Waals surface area contributed by atoms with Gasteiger partial charge in [0.05, 0.1) is 16.9 Å². The maximum absolute atomic E-state index is 12.7. The Morgan fingerprint density at radius 3 is 2.53 bits per heavy atom. The van der Waals surface area contributed by atoms with Gasteiger partial charge in [0.1, 0.15) is 0 Å². The van der Waals surface area contributed by atoms with Crippen LogP contribution in [0.1, 0.15) is 11.1 Å². The minimum Gasteiger partial charge on any atom is -0.353 e. The van der Waals surface area contributed by atoms with Crippen molar-refractivity contribution in [3.63, 3.8) is 0 Å². The van der Waals surface area contributed by atoms with Crippen LogP contribution in [0.2, 0.25) is 0 Å². The average molecular weight is 262 g/mol. The molecule has 1 heterocycles. The molecule has 19 heavy (non-hydrogen) atoms. The Hall–Kier alpha value is -2.30. The van der Waals surface area contributed by atoms with Gasteiger partial charge in [-0.3, -0.25) is 4.99 Å². The molecule has 0 unspecified atom stereocenters. The summed E-state index contributed by atoms with van der Waals surface area (Å²) >= 11 is 0. The number of aliphatic imine (C=N–C) groups is 1. The van der Waals surface area contributed by atoms with Gasteiger partial charge >= 0.3 is 6.18 Å². The third-order valence-corrected chi connectivity index (χ3v) is 2.90. The molecule has 0 aromatic heterocycles. The van der Waals surface area contributed by atoms with E-state index in [4.69, 9.17) is 0 Å². The lowest BCUT2D eigenvalue weighted by Crippen LogP contribution is -2.06. The molecule has 0 bridgehead atoms. The predicted molar refractivity (Wildman–Crippen MR) is 68.4 cm³/mol. The van der Waals surface area contributed by atoms with Crippen LogP contribution < -0.4 is 5.32 Å². The van der Waals surface area contributed by atoms with Crippen molar-refractivity contribution < 1.29 is 13.2 Å². The standard InChI is InChI=1S/C14H9F3N2/c15-14(16,17)10-5-6-11-9(7-10)8-18-12-3-1-2-4-13(12)19-11/h1-8,19H. The van der Waals surface area contributed by atoms with E-state index in [0.29, 0.717) is 16.9 Å². The quantitative estimate of drug-likeness (QED) is 0.633. The second-order valence-corrected chi connectivity index (χ2v) is 4.20. The van der Waals surface area contributed by atoms with Gasteiger partial charge in [0.15, 0.2) is 0 Å². The summed E-state index contributed by atoms with van der Waals surface area (Å²) in [6.45, 7) is 0. The van der Waals surface area contributed by atoms with E-state index in [2.05, 4.69) is 10.3 Å². The molecule has 2 nitrogen and oxygen atoms in total. The summed E-state index contributed by atoms with van der Waals surface area (Å²) in [4.78, 5) is 4.20. The molecule has 0 saturated heterocycles. The molecule has 2 aromatic rings. The summed E-state index contributed by atoms with van der Waals surface area (Å²) < 4.78 is 38.0. The molecule has 1 N–H and O–H groups in total. The molecule has 5 heteroatoms. The van der Waals surface area contributed by atoms with Crippen molar-refractivity contribution in [3.8, 4) is 0 Å². The number of fused-ring (bicyclic) bond motifs is 2. The Kier molecular flexibility index (Phi) is 2.55. The smallest absolute Gasteiger partial charge is 0.353 e. The molecule has 0 radical (unpaired) electrons. The highest BCUT2D eigenvalue weighted by Crippen LogP contribution is 2.35. The third kappa shape index (κ3) is 2.19. The van der Waals surface area contributed by atoms with E-state index in [1.54, 1.807) is 6.07 Å². The molecule has 1 aliphatic heterocycles. The van der Waals surface area contributed by atoms with Crippen LogP contribution in [0.15, 0.2) is 47.5 Å². The molecule has 0 spiro atoms. The summed E-state index contributed by atoms with van der Waals surface area (Å²) in [6, 6.07) is 10.9. The van der Waals surface area contributed by atoms with Gasteiger partial charge in [-0.2, -0.15) is 13.2 Å². The second-order valence-electron chi connectivity index (χ2n) is 4.20. The maximum Gasteiger partial charge on any atom is 0.416 e. The maximum atomic E-state index is 12.7. The van der Waals surface area contributed by atoms with Crippen molar-refractivity contribution in [1.82, 2.24) is 0 Å². The van der Waals surface area contributed by atoms with Crippen molar-refractivity contribution >= 4 is 23.3 Å². The molecule has 1 aliphatic rings. The Morgan fingerprint density at radius 2 is 1.74 bits per heavy atom. The highest BCUT2D eigenvalue weighted by atomic mass is 19.4. The van der Waals surface area contributed by atoms with Crippen LogP contribution in [-0.4, -0.2) is 6.21 Å². The van der Waals surface area contributed by atoms with Crippen molar-refractivity contribution in [2.24, 2.45) is 4.99 Å². The number of alkyl halides is 3. The van der Waals surface area contributed by atoms with Gasteiger partial charge < -0.3 is 5.32 Å². The third-order valence-electron chi connectivity index (χ3n) is 2.90. The number of rotatable bonds is 0. The fourth-order valence-corrected chi connectivity index (χ4v) is 1.94. The minimum absolute atomic E-state index is 0.422. The second kappa shape index (κ2) is 4.12. The molecule has 0 fully saturated rings.